The number of rotatable bonds is 9. The van der Waals surface area contributed by atoms with E-state index in [1.165, 1.54) is 5.56 Å². The van der Waals surface area contributed by atoms with E-state index in [0.29, 0.717) is 6.54 Å². The fraction of sp³-hybridized carbons (Fsp3) is 0.615. The maximum Gasteiger partial charge on any atom is 0.252 e. The Labute approximate surface area is 201 Å². The number of aromatic nitrogens is 5. The van der Waals surface area contributed by atoms with E-state index in [-0.39, 0.29) is 23.2 Å². The van der Waals surface area contributed by atoms with Crippen LogP contribution < -0.4 is 5.56 Å². The molecule has 1 aliphatic heterocycles. The average Bonchev–Trinajstić information content (AvgIpc) is 3.48. The SMILES string of the molecule is CC[C@@H](c1nnnn1C(C)(C)CC)N(Cc1cc2c(C)cc(C)cc2[nH]c1=O)C[C@H]1CCCO1. The molecule has 0 saturated carbocycles. The second kappa shape index (κ2) is 9.96. The Morgan fingerprint density at radius 2 is 2.06 bits per heavy atom. The molecule has 34 heavy (non-hydrogen) atoms. The van der Waals surface area contributed by atoms with Gasteiger partial charge in [0.2, 0.25) is 0 Å². The summed E-state index contributed by atoms with van der Waals surface area (Å²) in [6.07, 6.45) is 4.00. The minimum Gasteiger partial charge on any atom is -0.377 e. The molecule has 2 aromatic heterocycles. The van der Waals surface area contributed by atoms with Crippen LogP contribution in [0.5, 0.6) is 0 Å². The van der Waals surface area contributed by atoms with Crippen molar-refractivity contribution in [3.05, 3.63) is 51.1 Å². The molecular weight excluding hydrogens is 428 g/mol. The predicted molar refractivity (Wildman–Crippen MR) is 134 cm³/mol. The molecule has 0 spiro atoms. The van der Waals surface area contributed by atoms with Crippen LogP contribution in [0.1, 0.15) is 81.9 Å². The molecule has 0 amide bonds. The Hall–Kier alpha value is -2.58. The van der Waals surface area contributed by atoms with Gasteiger partial charge in [-0.25, -0.2) is 4.68 Å². The van der Waals surface area contributed by atoms with Gasteiger partial charge in [-0.1, -0.05) is 19.9 Å². The Bertz CT molecular complexity index is 1190. The first kappa shape index (κ1) is 24.5. The number of aromatic amines is 1. The number of hydrogen-bond acceptors (Lipinski definition) is 6. The van der Waals surface area contributed by atoms with Crippen LogP contribution in [0.3, 0.4) is 0 Å². The van der Waals surface area contributed by atoms with E-state index in [9.17, 15) is 4.79 Å². The van der Waals surface area contributed by atoms with Crippen LogP contribution in [0.2, 0.25) is 0 Å². The number of nitrogens with zero attached hydrogens (tertiary/aromatic N) is 5. The molecule has 0 aliphatic carbocycles. The zero-order valence-corrected chi connectivity index (χ0v) is 21.4. The summed E-state index contributed by atoms with van der Waals surface area (Å²) in [5.74, 6) is 0.844. The van der Waals surface area contributed by atoms with E-state index in [1.807, 2.05) is 10.7 Å². The molecule has 3 heterocycles. The number of fused-ring (bicyclic) bond motifs is 1. The van der Waals surface area contributed by atoms with E-state index in [4.69, 9.17) is 4.74 Å². The molecule has 1 fully saturated rings. The highest BCUT2D eigenvalue weighted by atomic mass is 16.5. The molecule has 2 atom stereocenters. The van der Waals surface area contributed by atoms with Crippen LogP contribution in [-0.4, -0.2) is 49.3 Å². The third kappa shape index (κ3) is 4.93. The summed E-state index contributed by atoms with van der Waals surface area (Å²) in [5, 5.41) is 14.0. The van der Waals surface area contributed by atoms with Gasteiger partial charge in [0.25, 0.3) is 5.56 Å². The summed E-state index contributed by atoms with van der Waals surface area (Å²) in [7, 11) is 0. The zero-order chi connectivity index (χ0) is 24.5. The Morgan fingerprint density at radius 1 is 1.26 bits per heavy atom. The molecule has 0 unspecified atom stereocenters. The van der Waals surface area contributed by atoms with Crippen molar-refractivity contribution in [2.24, 2.45) is 0 Å². The van der Waals surface area contributed by atoms with Crippen molar-refractivity contribution in [1.29, 1.82) is 0 Å². The molecule has 0 bridgehead atoms. The van der Waals surface area contributed by atoms with Gasteiger partial charge in [0.05, 0.1) is 17.7 Å². The van der Waals surface area contributed by atoms with Crippen molar-refractivity contribution < 1.29 is 4.74 Å². The smallest absolute Gasteiger partial charge is 0.252 e. The monoisotopic (exact) mass is 466 g/mol. The normalized spacial score (nSPS) is 17.7. The van der Waals surface area contributed by atoms with Gasteiger partial charge >= 0.3 is 0 Å². The predicted octanol–water partition coefficient (Wildman–Crippen LogP) is 4.41. The fourth-order valence-corrected chi connectivity index (χ4v) is 4.99. The molecule has 8 nitrogen and oxygen atoms in total. The van der Waals surface area contributed by atoms with E-state index < -0.39 is 0 Å². The van der Waals surface area contributed by atoms with Gasteiger partial charge in [0, 0.05) is 36.2 Å². The van der Waals surface area contributed by atoms with Crippen LogP contribution >= 0.6 is 0 Å². The van der Waals surface area contributed by atoms with E-state index >= 15 is 0 Å². The van der Waals surface area contributed by atoms with E-state index in [2.05, 4.69) is 79.1 Å². The highest BCUT2D eigenvalue weighted by Crippen LogP contribution is 2.30. The van der Waals surface area contributed by atoms with Crippen LogP contribution in [0.4, 0.5) is 0 Å². The van der Waals surface area contributed by atoms with Crippen molar-refractivity contribution in [1.82, 2.24) is 30.1 Å². The van der Waals surface area contributed by atoms with Crippen LogP contribution in [0.15, 0.2) is 23.0 Å². The summed E-state index contributed by atoms with van der Waals surface area (Å²) < 4.78 is 7.96. The number of hydrogen-bond donors (Lipinski definition) is 1. The molecule has 1 aromatic carbocycles. The molecule has 1 saturated heterocycles. The van der Waals surface area contributed by atoms with Crippen molar-refractivity contribution in [2.45, 2.75) is 91.5 Å². The highest BCUT2D eigenvalue weighted by Gasteiger charge is 2.32. The van der Waals surface area contributed by atoms with Crippen molar-refractivity contribution in [3.63, 3.8) is 0 Å². The van der Waals surface area contributed by atoms with Crippen molar-refractivity contribution in [2.75, 3.05) is 13.2 Å². The maximum absolute atomic E-state index is 13.1. The summed E-state index contributed by atoms with van der Waals surface area (Å²) in [6.45, 7) is 14.8. The third-order valence-electron chi connectivity index (χ3n) is 7.28. The molecule has 1 aliphatic rings. The Morgan fingerprint density at radius 3 is 2.74 bits per heavy atom. The number of pyridine rings is 1. The summed E-state index contributed by atoms with van der Waals surface area (Å²) in [6, 6.07) is 6.22. The van der Waals surface area contributed by atoms with Gasteiger partial charge in [-0.15, -0.1) is 5.10 Å². The average molecular weight is 467 g/mol. The quantitative estimate of drug-likeness (QED) is 0.503. The van der Waals surface area contributed by atoms with Crippen molar-refractivity contribution in [3.8, 4) is 0 Å². The van der Waals surface area contributed by atoms with Crippen LogP contribution in [0, 0.1) is 13.8 Å². The van der Waals surface area contributed by atoms with Crippen LogP contribution in [0.25, 0.3) is 10.9 Å². The van der Waals surface area contributed by atoms with Gasteiger partial charge in [0.1, 0.15) is 0 Å². The van der Waals surface area contributed by atoms with Gasteiger partial charge < -0.3 is 9.72 Å². The van der Waals surface area contributed by atoms with Gasteiger partial charge in [-0.3, -0.25) is 9.69 Å². The maximum atomic E-state index is 13.1. The second-order valence-electron chi connectivity index (χ2n) is 10.3. The number of aryl methyl sites for hydroxylation is 2. The van der Waals surface area contributed by atoms with Gasteiger partial charge in [0.15, 0.2) is 5.82 Å². The largest absolute Gasteiger partial charge is 0.377 e. The summed E-state index contributed by atoms with van der Waals surface area (Å²) >= 11 is 0. The standard InChI is InChI=1S/C26H38N6O2/c1-7-23(24-28-29-30-32(24)26(5,6)8-2)31(16-20-10-9-11-34-20)15-19-14-21-18(4)12-17(3)13-22(21)27-25(19)33/h12-14,20,23H,7-11,15-16H2,1-6H3,(H,27,33)/t20-,23+/m1/s1. The lowest BCUT2D eigenvalue weighted by atomic mass is 10.0. The lowest BCUT2D eigenvalue weighted by Crippen LogP contribution is -2.39. The summed E-state index contributed by atoms with van der Waals surface area (Å²) in [4.78, 5) is 18.6. The number of tetrazole rings is 1. The van der Waals surface area contributed by atoms with E-state index in [1.54, 1.807) is 0 Å². The molecule has 184 valence electrons. The summed E-state index contributed by atoms with van der Waals surface area (Å²) in [5.41, 5.74) is 3.71. The molecule has 0 radical (unpaired) electrons. The van der Waals surface area contributed by atoms with Gasteiger partial charge in [-0.2, -0.15) is 0 Å². The van der Waals surface area contributed by atoms with Gasteiger partial charge in [-0.05, 0) is 87.1 Å². The Kier molecular flexibility index (Phi) is 7.19. The fourth-order valence-electron chi connectivity index (χ4n) is 4.99. The number of ether oxygens (including phenoxy) is 1. The third-order valence-corrected chi connectivity index (χ3v) is 7.28. The zero-order valence-electron chi connectivity index (χ0n) is 21.4. The lowest BCUT2D eigenvalue weighted by Gasteiger charge is -2.34. The highest BCUT2D eigenvalue weighted by molar-refractivity contribution is 5.83. The molecule has 3 aromatic rings. The first-order valence-electron chi connectivity index (χ1n) is 12.5. The number of nitrogens with one attached hydrogen (secondary N) is 1. The minimum absolute atomic E-state index is 0.0285. The van der Waals surface area contributed by atoms with Crippen LogP contribution in [-0.2, 0) is 16.8 Å². The second-order valence-corrected chi connectivity index (χ2v) is 10.3. The molecular formula is C26H38N6O2. The first-order chi connectivity index (χ1) is 16.2. The number of benzene rings is 1. The first-order valence-corrected chi connectivity index (χ1v) is 12.5. The topological polar surface area (TPSA) is 88.9 Å². The molecule has 4 rings (SSSR count). The van der Waals surface area contributed by atoms with E-state index in [0.717, 1.165) is 66.7 Å². The lowest BCUT2D eigenvalue weighted by molar-refractivity contribution is 0.0475. The molecule has 1 N–H and O–H groups in total. The molecule has 8 heteroatoms. The minimum atomic E-state index is -0.197. The van der Waals surface area contributed by atoms with Crippen molar-refractivity contribution >= 4 is 10.9 Å². The number of H-pyrrole nitrogens is 1. The Balaban J connectivity index is 1.74.